The highest BCUT2D eigenvalue weighted by Crippen LogP contribution is 2.22. The lowest BCUT2D eigenvalue weighted by molar-refractivity contribution is -0.135. The highest BCUT2D eigenvalue weighted by atomic mass is 35.5. The Bertz CT molecular complexity index is 575. The van der Waals surface area contributed by atoms with E-state index < -0.39 is 0 Å². The molecular weight excluding hydrogens is 373 g/mol. The Morgan fingerprint density at radius 2 is 1.88 bits per heavy atom. The Morgan fingerprint density at radius 3 is 2.42 bits per heavy atom. The number of rotatable bonds is 7. The molecule has 1 atom stereocenters. The molecule has 1 aliphatic heterocycles. The molecule has 1 aromatic rings. The molecule has 7 heteroatoms. The number of hydrogen-bond acceptors (Lipinski definition) is 3. The van der Waals surface area contributed by atoms with Gasteiger partial charge in [-0.2, -0.15) is 0 Å². The fraction of sp³-hybridized carbons (Fsp3) is 0.579. The summed E-state index contributed by atoms with van der Waals surface area (Å²) >= 11 is 5.95. The molecule has 0 aliphatic carbocycles. The lowest BCUT2D eigenvalue weighted by Crippen LogP contribution is -2.47. The summed E-state index contributed by atoms with van der Waals surface area (Å²) in [5.41, 5.74) is 0.898. The fourth-order valence-corrected chi connectivity index (χ4v) is 3.48. The summed E-state index contributed by atoms with van der Waals surface area (Å²) in [4.78, 5) is 26.6. The van der Waals surface area contributed by atoms with E-state index in [1.807, 2.05) is 17.0 Å². The van der Waals surface area contributed by atoms with Gasteiger partial charge in [0.2, 0.25) is 11.8 Å². The van der Waals surface area contributed by atoms with Crippen LogP contribution in [0.4, 0.5) is 0 Å². The Labute approximate surface area is 167 Å². The molecule has 1 heterocycles. The van der Waals surface area contributed by atoms with Gasteiger partial charge >= 0.3 is 0 Å². The maximum absolute atomic E-state index is 13.0. The number of halogens is 2. The van der Waals surface area contributed by atoms with Crippen LogP contribution >= 0.6 is 24.0 Å². The number of nitrogens with zero attached hydrogens (tertiary/aromatic N) is 1. The Hall–Kier alpha value is -1.30. The van der Waals surface area contributed by atoms with Crippen LogP contribution in [0.5, 0.6) is 0 Å². The van der Waals surface area contributed by atoms with E-state index in [0.717, 1.165) is 44.5 Å². The summed E-state index contributed by atoms with van der Waals surface area (Å²) in [6.45, 7) is 6.22. The van der Waals surface area contributed by atoms with Crippen molar-refractivity contribution < 1.29 is 9.59 Å². The molecule has 1 saturated heterocycles. The van der Waals surface area contributed by atoms with Gasteiger partial charge in [0.25, 0.3) is 0 Å². The highest BCUT2D eigenvalue weighted by molar-refractivity contribution is 6.30. The van der Waals surface area contributed by atoms with E-state index in [9.17, 15) is 9.59 Å². The van der Waals surface area contributed by atoms with Gasteiger partial charge in [-0.15, -0.1) is 12.4 Å². The monoisotopic (exact) mass is 401 g/mol. The van der Waals surface area contributed by atoms with Gasteiger partial charge in [-0.05, 0) is 50.0 Å². The van der Waals surface area contributed by atoms with Crippen LogP contribution in [0.15, 0.2) is 24.3 Å². The molecule has 1 aliphatic rings. The molecule has 1 unspecified atom stereocenters. The molecule has 0 spiro atoms. The average molecular weight is 402 g/mol. The van der Waals surface area contributed by atoms with E-state index in [1.165, 1.54) is 6.92 Å². The van der Waals surface area contributed by atoms with E-state index in [0.29, 0.717) is 5.02 Å². The zero-order valence-corrected chi connectivity index (χ0v) is 17.0. The molecular formula is C19H29Cl2N3O2. The van der Waals surface area contributed by atoms with Crippen molar-refractivity contribution in [2.45, 2.75) is 51.6 Å². The molecule has 5 nitrogen and oxygen atoms in total. The third kappa shape index (κ3) is 6.78. The molecule has 26 heavy (non-hydrogen) atoms. The van der Waals surface area contributed by atoms with E-state index >= 15 is 0 Å². The van der Waals surface area contributed by atoms with Crippen LogP contribution in [0.1, 0.15) is 51.1 Å². The second-order valence-corrected chi connectivity index (χ2v) is 7.01. The van der Waals surface area contributed by atoms with E-state index in [-0.39, 0.29) is 42.7 Å². The second-order valence-electron chi connectivity index (χ2n) is 6.58. The van der Waals surface area contributed by atoms with Crippen LogP contribution in [-0.2, 0) is 9.59 Å². The molecule has 2 N–H and O–H groups in total. The van der Waals surface area contributed by atoms with E-state index in [2.05, 4.69) is 17.6 Å². The van der Waals surface area contributed by atoms with Gasteiger partial charge in [0, 0.05) is 24.5 Å². The first-order valence-electron chi connectivity index (χ1n) is 9.04. The molecule has 0 saturated carbocycles. The van der Waals surface area contributed by atoms with Crippen molar-refractivity contribution in [3.05, 3.63) is 34.9 Å². The normalized spacial score (nSPS) is 15.7. The summed E-state index contributed by atoms with van der Waals surface area (Å²) in [5, 5.41) is 6.88. The predicted octanol–water partition coefficient (Wildman–Crippen LogP) is 3.32. The van der Waals surface area contributed by atoms with Crippen LogP contribution in [0, 0.1) is 0 Å². The zero-order valence-electron chi connectivity index (χ0n) is 15.5. The van der Waals surface area contributed by atoms with Gasteiger partial charge in [0.15, 0.2) is 0 Å². The molecule has 0 bridgehead atoms. The number of carbonyl (C=O) groups is 2. The topological polar surface area (TPSA) is 61.4 Å². The molecule has 1 fully saturated rings. The third-order valence-corrected chi connectivity index (χ3v) is 4.81. The van der Waals surface area contributed by atoms with Crippen molar-refractivity contribution in [3.63, 3.8) is 0 Å². The minimum absolute atomic E-state index is 0. The first kappa shape index (κ1) is 22.7. The van der Waals surface area contributed by atoms with Crippen molar-refractivity contribution >= 4 is 35.8 Å². The molecule has 0 radical (unpaired) electrons. The summed E-state index contributed by atoms with van der Waals surface area (Å²) in [7, 11) is 0. The van der Waals surface area contributed by atoms with Crippen LogP contribution in [0.3, 0.4) is 0 Å². The summed E-state index contributed by atoms with van der Waals surface area (Å²) in [6, 6.07) is 7.26. The van der Waals surface area contributed by atoms with Gasteiger partial charge < -0.3 is 15.5 Å². The molecule has 2 rings (SSSR count). The Morgan fingerprint density at radius 1 is 1.27 bits per heavy atom. The van der Waals surface area contributed by atoms with Crippen LogP contribution < -0.4 is 10.6 Å². The van der Waals surface area contributed by atoms with Crippen molar-refractivity contribution in [2.24, 2.45) is 0 Å². The Kier molecular flexibility index (Phi) is 9.99. The smallest absolute Gasteiger partial charge is 0.225 e. The number of hydrogen-bond donors (Lipinski definition) is 2. The SMILES string of the molecule is CCCN(C(=O)CC(NC(C)=O)c1ccc(Cl)cc1)C1CCNCC1.Cl. The molecule has 146 valence electrons. The molecule has 2 amide bonds. The number of piperidine rings is 1. The highest BCUT2D eigenvalue weighted by Gasteiger charge is 2.27. The van der Waals surface area contributed by atoms with Gasteiger partial charge in [0.05, 0.1) is 12.5 Å². The number of amides is 2. The van der Waals surface area contributed by atoms with Crippen molar-refractivity contribution in [2.75, 3.05) is 19.6 Å². The standard InChI is InChI=1S/C19H28ClN3O2.ClH/c1-3-12-23(17-8-10-21-11-9-17)19(25)13-18(22-14(2)24)15-4-6-16(20)7-5-15;/h4-7,17-18,21H,3,8-13H2,1-2H3,(H,22,24);1H. The average Bonchev–Trinajstić information content (AvgIpc) is 2.60. The van der Waals surface area contributed by atoms with Gasteiger partial charge in [-0.25, -0.2) is 0 Å². The van der Waals surface area contributed by atoms with Gasteiger partial charge in [0.1, 0.15) is 0 Å². The van der Waals surface area contributed by atoms with Crippen LogP contribution in [0.25, 0.3) is 0 Å². The predicted molar refractivity (Wildman–Crippen MR) is 108 cm³/mol. The fourth-order valence-electron chi connectivity index (χ4n) is 3.35. The third-order valence-electron chi connectivity index (χ3n) is 4.56. The largest absolute Gasteiger partial charge is 0.349 e. The molecule has 0 aromatic heterocycles. The minimum Gasteiger partial charge on any atom is -0.349 e. The quantitative estimate of drug-likeness (QED) is 0.736. The van der Waals surface area contributed by atoms with Crippen molar-refractivity contribution in [1.29, 1.82) is 0 Å². The second kappa shape index (κ2) is 11.4. The lowest BCUT2D eigenvalue weighted by atomic mass is 10.00. The maximum atomic E-state index is 13.0. The number of nitrogens with one attached hydrogen (secondary N) is 2. The summed E-state index contributed by atoms with van der Waals surface area (Å²) in [6.07, 6.45) is 3.17. The number of benzene rings is 1. The van der Waals surface area contributed by atoms with Gasteiger partial charge in [-0.1, -0.05) is 30.7 Å². The van der Waals surface area contributed by atoms with E-state index in [4.69, 9.17) is 11.6 Å². The molecule has 1 aromatic carbocycles. The Balaban J connectivity index is 0.00000338. The summed E-state index contributed by atoms with van der Waals surface area (Å²) in [5.74, 6) is -0.0425. The zero-order chi connectivity index (χ0) is 18.2. The summed E-state index contributed by atoms with van der Waals surface area (Å²) < 4.78 is 0. The van der Waals surface area contributed by atoms with Crippen molar-refractivity contribution in [1.82, 2.24) is 15.5 Å². The van der Waals surface area contributed by atoms with Crippen LogP contribution in [0.2, 0.25) is 5.02 Å². The minimum atomic E-state index is -0.330. The van der Waals surface area contributed by atoms with Crippen molar-refractivity contribution in [3.8, 4) is 0 Å². The first-order valence-corrected chi connectivity index (χ1v) is 9.41. The maximum Gasteiger partial charge on any atom is 0.225 e. The number of carbonyl (C=O) groups excluding carboxylic acids is 2. The first-order chi connectivity index (χ1) is 12.0. The van der Waals surface area contributed by atoms with E-state index in [1.54, 1.807) is 12.1 Å². The van der Waals surface area contributed by atoms with Gasteiger partial charge in [-0.3, -0.25) is 9.59 Å². The van der Waals surface area contributed by atoms with Crippen LogP contribution in [-0.4, -0.2) is 42.4 Å². The lowest BCUT2D eigenvalue weighted by Gasteiger charge is -2.35.